The molecule has 4 heteroatoms. The van der Waals surface area contributed by atoms with Gasteiger partial charge in [0.15, 0.2) is 0 Å². The van der Waals surface area contributed by atoms with E-state index < -0.39 is 0 Å². The van der Waals surface area contributed by atoms with E-state index in [0.29, 0.717) is 5.92 Å². The lowest BCUT2D eigenvalue weighted by Crippen LogP contribution is -2.34. The van der Waals surface area contributed by atoms with Crippen LogP contribution in [0.15, 0.2) is 34.7 Å². The molecule has 1 aliphatic heterocycles. The van der Waals surface area contributed by atoms with E-state index >= 15 is 0 Å². The van der Waals surface area contributed by atoms with Gasteiger partial charge in [0.1, 0.15) is 11.3 Å². The molecule has 2 unspecified atom stereocenters. The average molecular weight is 300 g/mol. The number of rotatable bonds is 5. The van der Waals surface area contributed by atoms with Gasteiger partial charge < -0.3 is 15.1 Å². The number of nitrogens with one attached hydrogen (secondary N) is 2. The molecule has 2 N–H and O–H groups in total. The number of benzene rings is 1. The molecular formula is C18H24N2O2. The van der Waals surface area contributed by atoms with Crippen LogP contribution in [-0.4, -0.2) is 25.5 Å². The van der Waals surface area contributed by atoms with E-state index in [4.69, 9.17) is 4.42 Å². The predicted octanol–water partition coefficient (Wildman–Crippen LogP) is 3.04. The highest BCUT2D eigenvalue weighted by atomic mass is 16.3. The molecule has 3 rings (SSSR count). The average Bonchev–Trinajstić information content (AvgIpc) is 2.99. The number of amides is 1. The fourth-order valence-corrected chi connectivity index (χ4v) is 3.07. The fraction of sp³-hybridized carbons (Fsp3) is 0.500. The Hall–Kier alpha value is -1.81. The van der Waals surface area contributed by atoms with Crippen LogP contribution in [0.2, 0.25) is 0 Å². The second-order valence-electron chi connectivity index (χ2n) is 6.20. The summed E-state index contributed by atoms with van der Waals surface area (Å²) in [5, 5.41) is 7.50. The lowest BCUT2D eigenvalue weighted by molar-refractivity contribution is -0.122. The topological polar surface area (TPSA) is 54.3 Å². The standard InChI is InChI=1S/C18H24N2O2/c1-13(17-11-15-6-2-3-7-16(15)22-17)18(21)20-10-8-14-5-4-9-19-12-14/h2-3,6-7,11,13-14,19H,4-5,8-10,12H2,1H3,(H,20,21). The Bertz CT molecular complexity index is 596. The van der Waals surface area contributed by atoms with E-state index in [-0.39, 0.29) is 11.8 Å². The maximum absolute atomic E-state index is 12.3. The Labute approximate surface area is 131 Å². The van der Waals surface area contributed by atoms with Crippen molar-refractivity contribution in [3.63, 3.8) is 0 Å². The molecule has 4 nitrogen and oxygen atoms in total. The summed E-state index contributed by atoms with van der Waals surface area (Å²) < 4.78 is 5.78. The number of piperidine rings is 1. The maximum Gasteiger partial charge on any atom is 0.230 e. The van der Waals surface area contributed by atoms with Crippen LogP contribution in [-0.2, 0) is 4.79 Å². The first kappa shape index (κ1) is 15.1. The summed E-state index contributed by atoms with van der Waals surface area (Å²) in [6.07, 6.45) is 3.56. The van der Waals surface area contributed by atoms with E-state index in [0.717, 1.165) is 42.8 Å². The van der Waals surface area contributed by atoms with Gasteiger partial charge in [-0.3, -0.25) is 4.79 Å². The minimum Gasteiger partial charge on any atom is -0.460 e. The van der Waals surface area contributed by atoms with Gasteiger partial charge in [-0.1, -0.05) is 18.2 Å². The fourth-order valence-electron chi connectivity index (χ4n) is 3.07. The van der Waals surface area contributed by atoms with Crippen molar-refractivity contribution in [2.75, 3.05) is 19.6 Å². The normalized spacial score (nSPS) is 20.0. The van der Waals surface area contributed by atoms with Gasteiger partial charge in [0.2, 0.25) is 5.91 Å². The number of para-hydroxylation sites is 1. The SMILES string of the molecule is CC(C(=O)NCCC1CCCNC1)c1cc2ccccc2o1. The molecule has 22 heavy (non-hydrogen) atoms. The zero-order chi connectivity index (χ0) is 15.4. The highest BCUT2D eigenvalue weighted by Crippen LogP contribution is 2.25. The Morgan fingerprint density at radius 1 is 1.45 bits per heavy atom. The molecular weight excluding hydrogens is 276 g/mol. The predicted molar refractivity (Wildman–Crippen MR) is 87.8 cm³/mol. The van der Waals surface area contributed by atoms with Crippen molar-refractivity contribution in [1.82, 2.24) is 10.6 Å². The van der Waals surface area contributed by atoms with Crippen LogP contribution in [0.4, 0.5) is 0 Å². The molecule has 1 aliphatic rings. The molecule has 1 aromatic carbocycles. The van der Waals surface area contributed by atoms with Crippen molar-refractivity contribution in [2.24, 2.45) is 5.92 Å². The first-order valence-corrected chi connectivity index (χ1v) is 8.21. The molecule has 0 radical (unpaired) electrons. The Morgan fingerprint density at radius 2 is 2.32 bits per heavy atom. The second kappa shape index (κ2) is 6.97. The first-order valence-electron chi connectivity index (χ1n) is 8.21. The van der Waals surface area contributed by atoms with E-state index in [1.807, 2.05) is 37.3 Å². The summed E-state index contributed by atoms with van der Waals surface area (Å²) in [6.45, 7) is 4.85. The van der Waals surface area contributed by atoms with Crippen LogP contribution < -0.4 is 10.6 Å². The largest absolute Gasteiger partial charge is 0.460 e. The minimum absolute atomic E-state index is 0.0443. The van der Waals surface area contributed by atoms with Gasteiger partial charge in [0, 0.05) is 11.9 Å². The molecule has 0 bridgehead atoms. The second-order valence-corrected chi connectivity index (χ2v) is 6.20. The summed E-state index contributed by atoms with van der Waals surface area (Å²) in [5.74, 6) is 1.22. The number of carbonyl (C=O) groups excluding carboxylic acids is 1. The Balaban J connectivity index is 1.52. The van der Waals surface area contributed by atoms with E-state index in [1.165, 1.54) is 12.8 Å². The summed E-state index contributed by atoms with van der Waals surface area (Å²) in [7, 11) is 0. The number of furan rings is 1. The number of carbonyl (C=O) groups is 1. The van der Waals surface area contributed by atoms with Crippen molar-refractivity contribution >= 4 is 16.9 Å². The Morgan fingerprint density at radius 3 is 3.09 bits per heavy atom. The van der Waals surface area contributed by atoms with Crippen LogP contribution in [0.5, 0.6) is 0 Å². The van der Waals surface area contributed by atoms with Crippen LogP contribution in [0, 0.1) is 5.92 Å². The van der Waals surface area contributed by atoms with Gasteiger partial charge in [-0.15, -0.1) is 0 Å². The number of fused-ring (bicyclic) bond motifs is 1. The lowest BCUT2D eigenvalue weighted by Gasteiger charge is -2.22. The number of hydrogen-bond donors (Lipinski definition) is 2. The molecule has 1 saturated heterocycles. The van der Waals surface area contributed by atoms with Gasteiger partial charge in [-0.2, -0.15) is 0 Å². The van der Waals surface area contributed by atoms with Gasteiger partial charge in [0.25, 0.3) is 0 Å². The van der Waals surface area contributed by atoms with Crippen molar-refractivity contribution < 1.29 is 9.21 Å². The molecule has 1 fully saturated rings. The summed E-state index contributed by atoms with van der Waals surface area (Å²) in [5.41, 5.74) is 0.838. The molecule has 0 saturated carbocycles. The lowest BCUT2D eigenvalue weighted by atomic mass is 9.96. The molecule has 2 atom stereocenters. The zero-order valence-electron chi connectivity index (χ0n) is 13.1. The monoisotopic (exact) mass is 300 g/mol. The smallest absolute Gasteiger partial charge is 0.230 e. The summed E-state index contributed by atoms with van der Waals surface area (Å²) in [4.78, 5) is 12.3. The van der Waals surface area contributed by atoms with E-state index in [1.54, 1.807) is 0 Å². The summed E-state index contributed by atoms with van der Waals surface area (Å²) >= 11 is 0. The minimum atomic E-state index is -0.253. The van der Waals surface area contributed by atoms with Crippen LogP contribution >= 0.6 is 0 Å². The van der Waals surface area contributed by atoms with Gasteiger partial charge in [-0.05, 0) is 57.3 Å². The molecule has 2 heterocycles. The highest BCUT2D eigenvalue weighted by Gasteiger charge is 2.20. The first-order chi connectivity index (χ1) is 10.7. The van der Waals surface area contributed by atoms with Gasteiger partial charge >= 0.3 is 0 Å². The van der Waals surface area contributed by atoms with Crippen LogP contribution in [0.25, 0.3) is 11.0 Å². The molecule has 0 aliphatic carbocycles. The highest BCUT2D eigenvalue weighted by molar-refractivity contribution is 5.85. The number of hydrogen-bond acceptors (Lipinski definition) is 3. The molecule has 1 aromatic heterocycles. The third kappa shape index (κ3) is 3.50. The molecule has 1 amide bonds. The third-order valence-electron chi connectivity index (χ3n) is 4.52. The third-order valence-corrected chi connectivity index (χ3v) is 4.52. The van der Waals surface area contributed by atoms with Gasteiger partial charge in [0.05, 0.1) is 5.92 Å². The van der Waals surface area contributed by atoms with E-state index in [9.17, 15) is 4.79 Å². The van der Waals surface area contributed by atoms with E-state index in [2.05, 4.69) is 10.6 Å². The molecule has 118 valence electrons. The maximum atomic E-state index is 12.3. The quantitative estimate of drug-likeness (QED) is 0.892. The molecule has 2 aromatic rings. The zero-order valence-corrected chi connectivity index (χ0v) is 13.1. The summed E-state index contributed by atoms with van der Waals surface area (Å²) in [6, 6.07) is 9.82. The van der Waals surface area contributed by atoms with Crippen LogP contribution in [0.3, 0.4) is 0 Å². The van der Waals surface area contributed by atoms with Crippen molar-refractivity contribution in [2.45, 2.75) is 32.1 Å². The van der Waals surface area contributed by atoms with Crippen molar-refractivity contribution in [3.8, 4) is 0 Å². The van der Waals surface area contributed by atoms with Gasteiger partial charge in [-0.25, -0.2) is 0 Å². The Kier molecular flexibility index (Phi) is 4.78. The van der Waals surface area contributed by atoms with Crippen molar-refractivity contribution in [1.29, 1.82) is 0 Å². The van der Waals surface area contributed by atoms with Crippen molar-refractivity contribution in [3.05, 3.63) is 36.1 Å². The molecule has 0 spiro atoms. The van der Waals surface area contributed by atoms with Crippen LogP contribution in [0.1, 0.15) is 37.9 Å².